The third-order valence-electron chi connectivity index (χ3n) is 3.45. The number of hydrogen-bond acceptors (Lipinski definition) is 5. The van der Waals surface area contributed by atoms with E-state index in [1.807, 2.05) is 0 Å². The first-order valence-corrected chi connectivity index (χ1v) is 7.18. The smallest absolute Gasteiger partial charge is 0.228 e. The van der Waals surface area contributed by atoms with Gasteiger partial charge in [0.15, 0.2) is 11.5 Å². The molecule has 1 aliphatic rings. The van der Waals surface area contributed by atoms with Crippen molar-refractivity contribution in [3.63, 3.8) is 0 Å². The quantitative estimate of drug-likeness (QED) is 0.729. The fourth-order valence-corrected chi connectivity index (χ4v) is 2.34. The van der Waals surface area contributed by atoms with Crippen molar-refractivity contribution in [3.05, 3.63) is 18.2 Å². The number of nitrogens with one attached hydrogen (secondary N) is 2. The zero-order valence-corrected chi connectivity index (χ0v) is 12.2. The van der Waals surface area contributed by atoms with E-state index < -0.39 is 0 Å². The summed E-state index contributed by atoms with van der Waals surface area (Å²) in [5.41, 5.74) is 0.666. The van der Waals surface area contributed by atoms with Gasteiger partial charge in [-0.1, -0.05) is 0 Å². The summed E-state index contributed by atoms with van der Waals surface area (Å²) in [4.78, 5) is 12.2. The molecule has 3 N–H and O–H groups in total. The Morgan fingerprint density at radius 3 is 3.00 bits per heavy atom. The van der Waals surface area contributed by atoms with Crippen molar-refractivity contribution in [2.45, 2.75) is 12.8 Å². The minimum Gasteiger partial charge on any atom is -0.493 e. The van der Waals surface area contributed by atoms with E-state index in [2.05, 4.69) is 10.6 Å². The highest BCUT2D eigenvalue weighted by Gasteiger charge is 2.21. The molecule has 1 fully saturated rings. The first-order valence-electron chi connectivity index (χ1n) is 7.18. The van der Waals surface area contributed by atoms with Crippen LogP contribution in [0.25, 0.3) is 0 Å². The Bertz CT molecular complexity index is 473. The fourth-order valence-electron chi connectivity index (χ4n) is 2.34. The average molecular weight is 294 g/mol. The molecule has 1 unspecified atom stereocenters. The van der Waals surface area contributed by atoms with E-state index in [4.69, 9.17) is 14.6 Å². The maximum atomic E-state index is 12.2. The Morgan fingerprint density at radius 1 is 1.48 bits per heavy atom. The van der Waals surface area contributed by atoms with E-state index in [1.54, 1.807) is 25.3 Å². The number of amides is 1. The van der Waals surface area contributed by atoms with Gasteiger partial charge in [0.25, 0.3) is 0 Å². The average Bonchev–Trinajstić information content (AvgIpc) is 2.54. The highest BCUT2D eigenvalue weighted by Crippen LogP contribution is 2.30. The summed E-state index contributed by atoms with van der Waals surface area (Å²) in [5, 5.41) is 15.0. The molecule has 0 radical (unpaired) electrons. The van der Waals surface area contributed by atoms with E-state index in [-0.39, 0.29) is 25.0 Å². The second kappa shape index (κ2) is 7.85. The number of ether oxygens (including phenoxy) is 2. The Hall–Kier alpha value is -1.79. The van der Waals surface area contributed by atoms with Gasteiger partial charge in [0.05, 0.1) is 19.6 Å². The third-order valence-corrected chi connectivity index (χ3v) is 3.45. The summed E-state index contributed by atoms with van der Waals surface area (Å²) >= 11 is 0. The molecule has 1 aromatic carbocycles. The van der Waals surface area contributed by atoms with Gasteiger partial charge in [0.2, 0.25) is 5.91 Å². The molecule has 1 heterocycles. The molecule has 1 saturated heterocycles. The molecule has 6 heteroatoms. The van der Waals surface area contributed by atoms with Gasteiger partial charge < -0.3 is 25.2 Å². The number of aliphatic hydroxyl groups excluding tert-OH is 1. The molecule has 0 saturated carbocycles. The van der Waals surface area contributed by atoms with E-state index >= 15 is 0 Å². The van der Waals surface area contributed by atoms with Gasteiger partial charge in [-0.3, -0.25) is 4.79 Å². The summed E-state index contributed by atoms with van der Waals surface area (Å²) in [5.74, 6) is 1.09. The number of anilines is 1. The highest BCUT2D eigenvalue weighted by atomic mass is 16.5. The van der Waals surface area contributed by atoms with Crippen LogP contribution in [0.5, 0.6) is 11.5 Å². The zero-order valence-electron chi connectivity index (χ0n) is 12.2. The van der Waals surface area contributed by atoms with Gasteiger partial charge in [-0.15, -0.1) is 0 Å². The molecule has 1 aromatic rings. The van der Waals surface area contributed by atoms with Crippen LogP contribution in [0.3, 0.4) is 0 Å². The Morgan fingerprint density at radius 2 is 2.33 bits per heavy atom. The minimum atomic E-state index is -0.0759. The van der Waals surface area contributed by atoms with Crippen LogP contribution in [0.4, 0.5) is 5.69 Å². The van der Waals surface area contributed by atoms with Gasteiger partial charge in [-0.2, -0.15) is 0 Å². The third kappa shape index (κ3) is 4.34. The van der Waals surface area contributed by atoms with E-state index in [9.17, 15) is 4.79 Å². The summed E-state index contributed by atoms with van der Waals surface area (Å²) in [6.45, 7) is 1.80. The molecule has 0 aromatic heterocycles. The van der Waals surface area contributed by atoms with Crippen molar-refractivity contribution < 1.29 is 19.4 Å². The molecular weight excluding hydrogens is 272 g/mol. The summed E-state index contributed by atoms with van der Waals surface area (Å²) in [7, 11) is 1.55. The van der Waals surface area contributed by atoms with Crippen LogP contribution in [0.1, 0.15) is 12.8 Å². The predicted molar refractivity (Wildman–Crippen MR) is 79.8 cm³/mol. The van der Waals surface area contributed by atoms with Crippen molar-refractivity contribution in [3.8, 4) is 11.5 Å². The molecular formula is C15H22N2O4. The van der Waals surface area contributed by atoms with E-state index in [1.165, 1.54) is 0 Å². The van der Waals surface area contributed by atoms with Gasteiger partial charge in [0, 0.05) is 18.3 Å². The maximum Gasteiger partial charge on any atom is 0.228 e. The zero-order chi connectivity index (χ0) is 15.1. The number of methoxy groups -OCH3 is 1. The van der Waals surface area contributed by atoms with Gasteiger partial charge in [0.1, 0.15) is 6.61 Å². The Labute approximate surface area is 124 Å². The number of carbonyl (C=O) groups excluding carboxylic acids is 1. The van der Waals surface area contributed by atoms with Gasteiger partial charge >= 0.3 is 0 Å². The number of aliphatic hydroxyl groups is 1. The summed E-state index contributed by atoms with van der Waals surface area (Å²) in [6.07, 6.45) is 1.93. The van der Waals surface area contributed by atoms with Crippen LogP contribution < -0.4 is 20.1 Å². The molecule has 1 amide bonds. The van der Waals surface area contributed by atoms with Crippen molar-refractivity contribution in [2.75, 3.05) is 38.7 Å². The second-order valence-electron chi connectivity index (χ2n) is 4.97. The summed E-state index contributed by atoms with van der Waals surface area (Å²) in [6, 6.07) is 5.23. The lowest BCUT2D eigenvalue weighted by atomic mass is 9.99. The number of hydrogen-bond donors (Lipinski definition) is 3. The molecule has 21 heavy (non-hydrogen) atoms. The van der Waals surface area contributed by atoms with Crippen LogP contribution in [-0.4, -0.2) is 44.4 Å². The second-order valence-corrected chi connectivity index (χ2v) is 4.97. The number of rotatable bonds is 6. The van der Waals surface area contributed by atoms with Crippen LogP contribution >= 0.6 is 0 Å². The SMILES string of the molecule is COc1ccc(NC(=O)C2CCCNC2)cc1OCCO. The lowest BCUT2D eigenvalue weighted by Crippen LogP contribution is -2.37. The van der Waals surface area contributed by atoms with Crippen molar-refractivity contribution >= 4 is 11.6 Å². The van der Waals surface area contributed by atoms with Gasteiger partial charge in [-0.05, 0) is 31.5 Å². The fraction of sp³-hybridized carbons (Fsp3) is 0.533. The minimum absolute atomic E-state index is 0.00246. The van der Waals surface area contributed by atoms with Gasteiger partial charge in [-0.25, -0.2) is 0 Å². The molecule has 0 aliphatic carbocycles. The lowest BCUT2D eigenvalue weighted by Gasteiger charge is -2.22. The largest absolute Gasteiger partial charge is 0.493 e. The predicted octanol–water partition coefficient (Wildman–Crippen LogP) is 1.00. The molecule has 0 bridgehead atoms. The first kappa shape index (κ1) is 15.6. The van der Waals surface area contributed by atoms with Crippen molar-refractivity contribution in [1.29, 1.82) is 0 Å². The summed E-state index contributed by atoms with van der Waals surface area (Å²) < 4.78 is 10.6. The Kier molecular flexibility index (Phi) is 5.83. The molecule has 6 nitrogen and oxygen atoms in total. The topological polar surface area (TPSA) is 79.8 Å². The number of carbonyl (C=O) groups is 1. The van der Waals surface area contributed by atoms with Crippen molar-refractivity contribution in [1.82, 2.24) is 5.32 Å². The number of benzene rings is 1. The lowest BCUT2D eigenvalue weighted by molar-refractivity contribution is -0.120. The molecule has 116 valence electrons. The molecule has 0 spiro atoms. The normalized spacial score (nSPS) is 18.1. The van der Waals surface area contributed by atoms with E-state index in [0.29, 0.717) is 17.2 Å². The monoisotopic (exact) mass is 294 g/mol. The van der Waals surface area contributed by atoms with E-state index in [0.717, 1.165) is 25.9 Å². The van der Waals surface area contributed by atoms with Crippen molar-refractivity contribution in [2.24, 2.45) is 5.92 Å². The van der Waals surface area contributed by atoms with Crippen LogP contribution in [0.2, 0.25) is 0 Å². The molecule has 1 aliphatic heterocycles. The Balaban J connectivity index is 2.03. The maximum absolute atomic E-state index is 12.2. The van der Waals surface area contributed by atoms with Crippen LogP contribution in [-0.2, 0) is 4.79 Å². The standard InChI is InChI=1S/C15H22N2O4/c1-20-13-5-4-12(9-14(13)21-8-7-18)17-15(19)11-3-2-6-16-10-11/h4-5,9,11,16,18H,2-3,6-8,10H2,1H3,(H,17,19). The number of piperidine rings is 1. The van der Waals surface area contributed by atoms with Crippen LogP contribution in [0, 0.1) is 5.92 Å². The molecule has 2 rings (SSSR count). The van der Waals surface area contributed by atoms with Crippen LogP contribution in [0.15, 0.2) is 18.2 Å². The molecule has 1 atom stereocenters. The first-order chi connectivity index (χ1) is 10.2. The highest BCUT2D eigenvalue weighted by molar-refractivity contribution is 5.93.